The standard InChI is InChI=1S/C21H25N3O3/c25-19(23-14-12-22(13-15-23)16-6-2-1-3-7-16)10-11-24-20(26)17-8-4-5-9-18(17)21(24)27/h1-7,17-18H,8-15H2. The van der Waals surface area contributed by atoms with Crippen molar-refractivity contribution in [2.45, 2.75) is 19.3 Å². The summed E-state index contributed by atoms with van der Waals surface area (Å²) in [6, 6.07) is 10.2. The molecule has 0 spiro atoms. The van der Waals surface area contributed by atoms with E-state index in [-0.39, 0.29) is 42.5 Å². The van der Waals surface area contributed by atoms with Gasteiger partial charge >= 0.3 is 0 Å². The Morgan fingerprint density at radius 1 is 0.889 bits per heavy atom. The Kier molecular flexibility index (Phi) is 4.97. The van der Waals surface area contributed by atoms with Crippen molar-refractivity contribution in [3.05, 3.63) is 42.5 Å². The van der Waals surface area contributed by atoms with E-state index in [1.807, 2.05) is 35.3 Å². The Labute approximate surface area is 159 Å². The number of hydrogen-bond acceptors (Lipinski definition) is 4. The largest absolute Gasteiger partial charge is 0.368 e. The third kappa shape index (κ3) is 3.48. The maximum absolute atomic E-state index is 12.6. The normalized spacial score (nSPS) is 25.1. The van der Waals surface area contributed by atoms with E-state index in [4.69, 9.17) is 0 Å². The Hall–Kier alpha value is -2.63. The summed E-state index contributed by atoms with van der Waals surface area (Å²) < 4.78 is 0. The first-order valence-corrected chi connectivity index (χ1v) is 9.73. The lowest BCUT2D eigenvalue weighted by Crippen LogP contribution is -2.49. The van der Waals surface area contributed by atoms with Crippen molar-refractivity contribution in [2.24, 2.45) is 11.8 Å². The van der Waals surface area contributed by atoms with Gasteiger partial charge in [-0.3, -0.25) is 19.3 Å². The van der Waals surface area contributed by atoms with Crippen LogP contribution in [0.15, 0.2) is 42.5 Å². The van der Waals surface area contributed by atoms with Crippen molar-refractivity contribution < 1.29 is 14.4 Å². The molecule has 142 valence electrons. The molecule has 27 heavy (non-hydrogen) atoms. The van der Waals surface area contributed by atoms with Crippen LogP contribution in [0.1, 0.15) is 19.3 Å². The molecule has 2 saturated heterocycles. The zero-order chi connectivity index (χ0) is 18.8. The summed E-state index contributed by atoms with van der Waals surface area (Å²) in [7, 11) is 0. The molecule has 2 unspecified atom stereocenters. The highest BCUT2D eigenvalue weighted by atomic mass is 16.2. The van der Waals surface area contributed by atoms with E-state index in [9.17, 15) is 14.4 Å². The van der Waals surface area contributed by atoms with Crippen molar-refractivity contribution in [1.82, 2.24) is 9.80 Å². The quantitative estimate of drug-likeness (QED) is 0.600. The lowest BCUT2D eigenvalue weighted by Gasteiger charge is -2.36. The average molecular weight is 367 g/mol. The number of para-hydroxylation sites is 1. The van der Waals surface area contributed by atoms with Gasteiger partial charge < -0.3 is 9.80 Å². The van der Waals surface area contributed by atoms with E-state index in [0.717, 1.165) is 13.1 Å². The number of fused-ring (bicyclic) bond motifs is 1. The number of benzene rings is 1. The predicted octanol–water partition coefficient (Wildman–Crippen LogP) is 1.68. The van der Waals surface area contributed by atoms with Crippen LogP contribution in [0.5, 0.6) is 0 Å². The average Bonchev–Trinajstić information content (AvgIpc) is 2.97. The summed E-state index contributed by atoms with van der Waals surface area (Å²) in [6.45, 7) is 3.15. The molecule has 0 saturated carbocycles. The molecule has 0 N–H and O–H groups in total. The summed E-state index contributed by atoms with van der Waals surface area (Å²) in [4.78, 5) is 43.0. The van der Waals surface area contributed by atoms with Gasteiger partial charge in [0.2, 0.25) is 17.7 Å². The molecule has 2 heterocycles. The number of imide groups is 1. The van der Waals surface area contributed by atoms with Gasteiger partial charge in [-0.15, -0.1) is 0 Å². The summed E-state index contributed by atoms with van der Waals surface area (Å²) >= 11 is 0. The number of nitrogens with zero attached hydrogens (tertiary/aromatic N) is 3. The van der Waals surface area contributed by atoms with Gasteiger partial charge in [0.1, 0.15) is 0 Å². The molecule has 1 aliphatic carbocycles. The van der Waals surface area contributed by atoms with Gasteiger partial charge in [0.15, 0.2) is 0 Å². The van der Waals surface area contributed by atoms with E-state index in [2.05, 4.69) is 17.0 Å². The van der Waals surface area contributed by atoms with Crippen LogP contribution >= 0.6 is 0 Å². The van der Waals surface area contributed by atoms with Crippen molar-refractivity contribution in [3.63, 3.8) is 0 Å². The van der Waals surface area contributed by atoms with E-state index in [1.165, 1.54) is 10.6 Å². The van der Waals surface area contributed by atoms with E-state index in [1.54, 1.807) is 0 Å². The zero-order valence-electron chi connectivity index (χ0n) is 15.4. The molecule has 6 heteroatoms. The highest BCUT2D eigenvalue weighted by molar-refractivity contribution is 6.05. The number of allylic oxidation sites excluding steroid dienone is 2. The van der Waals surface area contributed by atoms with Gasteiger partial charge in [0, 0.05) is 44.8 Å². The van der Waals surface area contributed by atoms with Crippen molar-refractivity contribution in [3.8, 4) is 0 Å². The molecule has 0 aromatic heterocycles. The van der Waals surface area contributed by atoms with Crippen molar-refractivity contribution >= 4 is 23.4 Å². The molecular weight excluding hydrogens is 342 g/mol. The number of carbonyl (C=O) groups is 3. The van der Waals surface area contributed by atoms with Gasteiger partial charge in [-0.25, -0.2) is 0 Å². The SMILES string of the molecule is O=C(CCN1C(=O)C2CC=CCC2C1=O)N1CCN(c2ccccc2)CC1. The highest BCUT2D eigenvalue weighted by Crippen LogP contribution is 2.35. The first kappa shape index (κ1) is 17.8. The number of carbonyl (C=O) groups excluding carboxylic acids is 3. The lowest BCUT2D eigenvalue weighted by molar-refractivity contribution is -0.140. The first-order chi connectivity index (χ1) is 13.1. The molecule has 6 nitrogen and oxygen atoms in total. The van der Waals surface area contributed by atoms with Crippen LogP contribution in [0.2, 0.25) is 0 Å². The van der Waals surface area contributed by atoms with Gasteiger partial charge in [-0.2, -0.15) is 0 Å². The molecule has 1 aromatic rings. The fourth-order valence-corrected chi connectivity index (χ4v) is 4.31. The minimum Gasteiger partial charge on any atom is -0.368 e. The number of hydrogen-bond donors (Lipinski definition) is 0. The molecule has 4 rings (SSSR count). The van der Waals surface area contributed by atoms with Crippen LogP contribution < -0.4 is 4.90 Å². The topological polar surface area (TPSA) is 60.9 Å². The van der Waals surface area contributed by atoms with Crippen LogP contribution in [0, 0.1) is 11.8 Å². The minimum atomic E-state index is -0.216. The predicted molar refractivity (Wildman–Crippen MR) is 102 cm³/mol. The first-order valence-electron chi connectivity index (χ1n) is 9.73. The molecule has 3 amide bonds. The number of anilines is 1. The van der Waals surface area contributed by atoms with Gasteiger partial charge in [0.05, 0.1) is 11.8 Å². The Balaban J connectivity index is 1.28. The Bertz CT molecular complexity index is 727. The van der Waals surface area contributed by atoms with Crippen LogP contribution in [0.3, 0.4) is 0 Å². The van der Waals surface area contributed by atoms with E-state index >= 15 is 0 Å². The second kappa shape index (κ2) is 7.55. The van der Waals surface area contributed by atoms with Gasteiger partial charge in [-0.05, 0) is 25.0 Å². The fraction of sp³-hybridized carbons (Fsp3) is 0.476. The number of likely N-dealkylation sites (tertiary alicyclic amines) is 1. The molecule has 3 aliphatic rings. The third-order valence-corrected chi connectivity index (χ3v) is 5.90. The van der Waals surface area contributed by atoms with E-state index in [0.29, 0.717) is 25.9 Å². The van der Waals surface area contributed by atoms with Crippen LogP contribution in [-0.4, -0.2) is 60.2 Å². The molecular formula is C21H25N3O3. The third-order valence-electron chi connectivity index (χ3n) is 5.90. The van der Waals surface area contributed by atoms with Crippen molar-refractivity contribution in [1.29, 1.82) is 0 Å². The second-order valence-corrected chi connectivity index (χ2v) is 7.44. The zero-order valence-corrected chi connectivity index (χ0v) is 15.4. The van der Waals surface area contributed by atoms with Crippen LogP contribution in [0.25, 0.3) is 0 Å². The summed E-state index contributed by atoms with van der Waals surface area (Å²) in [5, 5.41) is 0. The monoisotopic (exact) mass is 367 g/mol. The lowest BCUT2D eigenvalue weighted by atomic mass is 9.85. The maximum Gasteiger partial charge on any atom is 0.233 e. The molecule has 2 atom stereocenters. The maximum atomic E-state index is 12.6. The highest BCUT2D eigenvalue weighted by Gasteiger charge is 2.47. The van der Waals surface area contributed by atoms with Crippen LogP contribution in [0.4, 0.5) is 5.69 Å². The minimum absolute atomic E-state index is 0.0244. The molecule has 2 aliphatic heterocycles. The van der Waals surface area contributed by atoms with Crippen LogP contribution in [-0.2, 0) is 14.4 Å². The Morgan fingerprint density at radius 3 is 2.07 bits per heavy atom. The molecule has 2 fully saturated rings. The summed E-state index contributed by atoms with van der Waals surface area (Å²) in [6.07, 6.45) is 5.46. The smallest absolute Gasteiger partial charge is 0.233 e. The second-order valence-electron chi connectivity index (χ2n) is 7.44. The van der Waals surface area contributed by atoms with Crippen molar-refractivity contribution in [2.75, 3.05) is 37.6 Å². The number of rotatable bonds is 4. The number of piperazine rings is 1. The fourth-order valence-electron chi connectivity index (χ4n) is 4.31. The Morgan fingerprint density at radius 2 is 1.48 bits per heavy atom. The molecule has 0 bridgehead atoms. The molecule has 1 aromatic carbocycles. The molecule has 0 radical (unpaired) electrons. The summed E-state index contributed by atoms with van der Waals surface area (Å²) in [5.41, 5.74) is 1.18. The van der Waals surface area contributed by atoms with E-state index < -0.39 is 0 Å². The summed E-state index contributed by atoms with van der Waals surface area (Å²) in [5.74, 6) is -0.609. The van der Waals surface area contributed by atoms with Gasteiger partial charge in [0.25, 0.3) is 0 Å². The van der Waals surface area contributed by atoms with Gasteiger partial charge in [-0.1, -0.05) is 30.4 Å². The number of amides is 3.